The summed E-state index contributed by atoms with van der Waals surface area (Å²) in [7, 11) is 0. The number of halogens is 1. The third-order valence-corrected chi connectivity index (χ3v) is 5.34. The number of ketones is 1. The second-order valence-corrected chi connectivity index (χ2v) is 7.63. The molecule has 1 unspecified atom stereocenters. The second-order valence-electron chi connectivity index (χ2n) is 6.72. The van der Waals surface area contributed by atoms with E-state index in [2.05, 4.69) is 20.9 Å². The lowest BCUT2D eigenvalue weighted by atomic mass is 9.95. The zero-order chi connectivity index (χ0) is 22.1. The molecule has 3 aromatic rings. The van der Waals surface area contributed by atoms with Crippen LogP contribution in [0.15, 0.2) is 83.0 Å². The Balaban J connectivity index is 1.90. The Morgan fingerprint density at radius 2 is 1.71 bits per heavy atom. The molecular formula is C22H14BrN3O5. The van der Waals surface area contributed by atoms with Crippen molar-refractivity contribution in [3.63, 3.8) is 0 Å². The van der Waals surface area contributed by atoms with E-state index in [4.69, 9.17) is 0 Å². The maximum Gasteiger partial charge on any atom is 0.301 e. The number of amides is 1. The Hall–Kier alpha value is -3.85. The topological polar surface area (TPSA) is 114 Å². The molecular weight excluding hydrogens is 466 g/mol. The van der Waals surface area contributed by atoms with Crippen LogP contribution in [-0.2, 0) is 9.59 Å². The lowest BCUT2D eigenvalue weighted by molar-refractivity contribution is -0.384. The highest BCUT2D eigenvalue weighted by Gasteiger charge is 2.47. The van der Waals surface area contributed by atoms with Crippen LogP contribution >= 0.6 is 15.9 Å². The van der Waals surface area contributed by atoms with E-state index < -0.39 is 28.4 Å². The van der Waals surface area contributed by atoms with Crippen LogP contribution in [0.1, 0.15) is 17.2 Å². The van der Waals surface area contributed by atoms with Crippen LogP contribution in [0.2, 0.25) is 0 Å². The standard InChI is InChI=1S/C22H14BrN3O5/c23-15-8-11-17(24-12-15)25-19(13-4-2-1-3-5-13)18(21(28)22(25)29)20(27)14-6-9-16(10-7-14)26(30)31/h1-12,19,27H/b20-18-. The van der Waals surface area contributed by atoms with Gasteiger partial charge in [-0.3, -0.25) is 24.6 Å². The summed E-state index contributed by atoms with van der Waals surface area (Å²) in [6, 6.07) is 16.3. The van der Waals surface area contributed by atoms with Crippen molar-refractivity contribution < 1.29 is 19.6 Å². The minimum absolute atomic E-state index is 0.116. The van der Waals surface area contributed by atoms with Gasteiger partial charge in [0.25, 0.3) is 11.5 Å². The van der Waals surface area contributed by atoms with Gasteiger partial charge in [0, 0.05) is 28.4 Å². The summed E-state index contributed by atoms with van der Waals surface area (Å²) in [6.45, 7) is 0. The van der Waals surface area contributed by atoms with E-state index in [0.29, 0.717) is 10.0 Å². The molecule has 1 N–H and O–H groups in total. The average molecular weight is 480 g/mol. The average Bonchev–Trinajstić information content (AvgIpc) is 3.05. The molecule has 1 aromatic heterocycles. The van der Waals surface area contributed by atoms with E-state index in [1.54, 1.807) is 42.5 Å². The fourth-order valence-corrected chi connectivity index (χ4v) is 3.66. The Labute approximate surface area is 184 Å². The lowest BCUT2D eigenvalue weighted by Crippen LogP contribution is -2.30. The molecule has 0 bridgehead atoms. The van der Waals surface area contributed by atoms with Gasteiger partial charge < -0.3 is 5.11 Å². The first kappa shape index (κ1) is 20.4. The molecule has 1 saturated heterocycles. The van der Waals surface area contributed by atoms with Crippen LogP contribution in [0.5, 0.6) is 0 Å². The number of hydrogen-bond donors (Lipinski definition) is 1. The Kier molecular flexibility index (Phi) is 5.35. The van der Waals surface area contributed by atoms with Gasteiger partial charge in [-0.1, -0.05) is 30.3 Å². The molecule has 8 nitrogen and oxygen atoms in total. The molecule has 1 fully saturated rings. The minimum Gasteiger partial charge on any atom is -0.507 e. The fraction of sp³-hybridized carbons (Fsp3) is 0.0455. The van der Waals surface area contributed by atoms with Gasteiger partial charge in [-0.2, -0.15) is 0 Å². The van der Waals surface area contributed by atoms with Crippen molar-refractivity contribution in [2.75, 3.05) is 4.90 Å². The molecule has 0 saturated carbocycles. The van der Waals surface area contributed by atoms with E-state index in [1.807, 2.05) is 0 Å². The number of anilines is 1. The quantitative estimate of drug-likeness (QED) is 0.195. The zero-order valence-corrected chi connectivity index (χ0v) is 17.4. The number of benzene rings is 2. The number of aliphatic hydroxyl groups excluding tert-OH is 1. The van der Waals surface area contributed by atoms with Gasteiger partial charge >= 0.3 is 5.91 Å². The van der Waals surface area contributed by atoms with Crippen LogP contribution in [-0.4, -0.2) is 26.7 Å². The van der Waals surface area contributed by atoms with E-state index in [1.165, 1.54) is 35.4 Å². The van der Waals surface area contributed by atoms with Crippen molar-refractivity contribution in [1.82, 2.24) is 4.98 Å². The van der Waals surface area contributed by atoms with Gasteiger partial charge in [-0.05, 0) is 45.8 Å². The highest BCUT2D eigenvalue weighted by Crippen LogP contribution is 2.41. The number of rotatable bonds is 4. The molecule has 0 radical (unpaired) electrons. The van der Waals surface area contributed by atoms with E-state index in [9.17, 15) is 24.8 Å². The van der Waals surface area contributed by atoms with Crippen molar-refractivity contribution in [2.45, 2.75) is 6.04 Å². The summed E-state index contributed by atoms with van der Waals surface area (Å²) in [4.78, 5) is 41.8. The molecule has 2 aromatic carbocycles. The number of Topliss-reactive ketones (excluding diaryl/α,β-unsaturated/α-hetero) is 1. The van der Waals surface area contributed by atoms with Crippen LogP contribution in [0.4, 0.5) is 11.5 Å². The summed E-state index contributed by atoms with van der Waals surface area (Å²) in [5.41, 5.74) is 0.522. The molecule has 0 spiro atoms. The van der Waals surface area contributed by atoms with Crippen LogP contribution in [0.3, 0.4) is 0 Å². The van der Waals surface area contributed by atoms with Crippen LogP contribution < -0.4 is 4.90 Å². The first-order chi connectivity index (χ1) is 14.9. The maximum atomic E-state index is 13.0. The molecule has 1 aliphatic rings. The number of nitrogens with zero attached hydrogens (tertiary/aromatic N) is 3. The molecule has 1 amide bonds. The van der Waals surface area contributed by atoms with Gasteiger partial charge in [0.1, 0.15) is 11.6 Å². The molecule has 4 rings (SSSR count). The van der Waals surface area contributed by atoms with E-state index >= 15 is 0 Å². The van der Waals surface area contributed by atoms with Crippen molar-refractivity contribution in [1.29, 1.82) is 0 Å². The Bertz CT molecular complexity index is 1210. The minimum atomic E-state index is -0.912. The monoisotopic (exact) mass is 479 g/mol. The number of non-ortho nitro benzene ring substituents is 1. The summed E-state index contributed by atoms with van der Waals surface area (Å²) in [5, 5.41) is 21.9. The summed E-state index contributed by atoms with van der Waals surface area (Å²) >= 11 is 3.29. The molecule has 9 heteroatoms. The summed E-state index contributed by atoms with van der Waals surface area (Å²) in [6.07, 6.45) is 1.51. The molecule has 1 atom stereocenters. The van der Waals surface area contributed by atoms with Gasteiger partial charge in [0.2, 0.25) is 0 Å². The van der Waals surface area contributed by atoms with Crippen LogP contribution in [0, 0.1) is 10.1 Å². The number of carbonyl (C=O) groups is 2. The fourth-order valence-electron chi connectivity index (χ4n) is 3.43. The third-order valence-electron chi connectivity index (χ3n) is 4.87. The van der Waals surface area contributed by atoms with E-state index in [-0.39, 0.29) is 22.6 Å². The molecule has 2 heterocycles. The lowest BCUT2D eigenvalue weighted by Gasteiger charge is -2.24. The van der Waals surface area contributed by atoms with Crippen molar-refractivity contribution >= 4 is 44.9 Å². The Morgan fingerprint density at radius 1 is 1.03 bits per heavy atom. The molecule has 0 aliphatic carbocycles. The van der Waals surface area contributed by atoms with Crippen LogP contribution in [0.25, 0.3) is 5.76 Å². The smallest absolute Gasteiger partial charge is 0.301 e. The van der Waals surface area contributed by atoms with E-state index in [0.717, 1.165) is 0 Å². The van der Waals surface area contributed by atoms with Crippen molar-refractivity contribution in [2.24, 2.45) is 0 Å². The highest BCUT2D eigenvalue weighted by molar-refractivity contribution is 9.10. The number of nitro groups is 1. The van der Waals surface area contributed by atoms with Gasteiger partial charge in [-0.25, -0.2) is 4.98 Å². The molecule has 154 valence electrons. The van der Waals surface area contributed by atoms with Gasteiger partial charge in [0.05, 0.1) is 16.5 Å². The van der Waals surface area contributed by atoms with Crippen molar-refractivity contribution in [3.05, 3.63) is 104 Å². The summed E-state index contributed by atoms with van der Waals surface area (Å²) < 4.78 is 0.704. The first-order valence-corrected chi connectivity index (χ1v) is 9.90. The van der Waals surface area contributed by atoms with Crippen molar-refractivity contribution in [3.8, 4) is 0 Å². The molecule has 31 heavy (non-hydrogen) atoms. The Morgan fingerprint density at radius 3 is 2.29 bits per heavy atom. The predicted octanol–water partition coefficient (Wildman–Crippen LogP) is 4.38. The SMILES string of the molecule is O=C1C(=O)N(c2ccc(Br)cn2)C(c2ccccc2)/C1=C(/O)c1ccc([N+](=O)[O-])cc1. The number of nitro benzene ring substituents is 1. The number of aromatic nitrogens is 1. The zero-order valence-electron chi connectivity index (χ0n) is 15.8. The third kappa shape index (κ3) is 3.71. The first-order valence-electron chi connectivity index (χ1n) is 9.11. The normalized spacial score (nSPS) is 17.7. The number of carbonyl (C=O) groups excluding carboxylic acids is 2. The van der Waals surface area contributed by atoms with Gasteiger partial charge in [-0.15, -0.1) is 0 Å². The number of aliphatic hydroxyl groups is 1. The second kappa shape index (κ2) is 8.11. The predicted molar refractivity (Wildman–Crippen MR) is 116 cm³/mol. The molecule has 1 aliphatic heterocycles. The largest absolute Gasteiger partial charge is 0.507 e. The number of pyridine rings is 1. The highest BCUT2D eigenvalue weighted by atomic mass is 79.9. The number of hydrogen-bond acceptors (Lipinski definition) is 6. The van der Waals surface area contributed by atoms with Gasteiger partial charge in [0.15, 0.2) is 0 Å². The maximum absolute atomic E-state index is 13.0. The summed E-state index contributed by atoms with van der Waals surface area (Å²) in [5.74, 6) is -1.86.